The topological polar surface area (TPSA) is 3.24 Å². The molecule has 0 atom stereocenters. The lowest BCUT2D eigenvalue weighted by molar-refractivity contribution is 0.530. The standard InChI is InChI=1S/C12H14BrF2N/c13-8-9-6-10(14)12(11(15)7-9)16-4-2-1-3-5-16/h6-7H,1-5,8H2. The van der Waals surface area contributed by atoms with Crippen LogP contribution in [0.15, 0.2) is 12.1 Å². The highest BCUT2D eigenvalue weighted by Crippen LogP contribution is 2.28. The van der Waals surface area contributed by atoms with Crippen LogP contribution in [0.25, 0.3) is 0 Å². The molecule has 1 fully saturated rings. The number of halogens is 3. The fourth-order valence-electron chi connectivity index (χ4n) is 2.11. The molecule has 1 heterocycles. The maximum Gasteiger partial charge on any atom is 0.149 e. The van der Waals surface area contributed by atoms with E-state index in [1.54, 1.807) is 0 Å². The third-order valence-electron chi connectivity index (χ3n) is 2.90. The lowest BCUT2D eigenvalue weighted by Gasteiger charge is -2.29. The molecular formula is C12H14BrF2N. The lowest BCUT2D eigenvalue weighted by atomic mass is 10.1. The minimum Gasteiger partial charge on any atom is -0.367 e. The highest BCUT2D eigenvalue weighted by atomic mass is 79.9. The quantitative estimate of drug-likeness (QED) is 0.748. The number of rotatable bonds is 2. The van der Waals surface area contributed by atoms with Gasteiger partial charge in [0, 0.05) is 18.4 Å². The van der Waals surface area contributed by atoms with E-state index in [9.17, 15) is 8.78 Å². The van der Waals surface area contributed by atoms with Gasteiger partial charge in [-0.1, -0.05) is 15.9 Å². The van der Waals surface area contributed by atoms with E-state index < -0.39 is 11.6 Å². The summed E-state index contributed by atoms with van der Waals surface area (Å²) in [5.41, 5.74) is 0.778. The molecule has 0 spiro atoms. The second kappa shape index (κ2) is 5.13. The first kappa shape index (κ1) is 11.8. The van der Waals surface area contributed by atoms with E-state index in [2.05, 4.69) is 15.9 Å². The molecule has 1 aliphatic heterocycles. The van der Waals surface area contributed by atoms with E-state index in [1.807, 2.05) is 4.90 Å². The average Bonchev–Trinajstić information content (AvgIpc) is 2.29. The summed E-state index contributed by atoms with van der Waals surface area (Å²) in [6.07, 6.45) is 3.18. The van der Waals surface area contributed by atoms with Gasteiger partial charge < -0.3 is 4.90 Å². The van der Waals surface area contributed by atoms with Gasteiger partial charge in [-0.2, -0.15) is 0 Å². The number of hydrogen-bond acceptors (Lipinski definition) is 1. The molecule has 0 bridgehead atoms. The molecule has 0 N–H and O–H groups in total. The maximum atomic E-state index is 13.8. The van der Waals surface area contributed by atoms with Crippen LogP contribution in [0.4, 0.5) is 14.5 Å². The largest absolute Gasteiger partial charge is 0.367 e. The maximum absolute atomic E-state index is 13.8. The van der Waals surface area contributed by atoms with Crippen molar-refractivity contribution >= 4 is 21.6 Å². The van der Waals surface area contributed by atoms with Crippen molar-refractivity contribution in [2.75, 3.05) is 18.0 Å². The summed E-state index contributed by atoms with van der Waals surface area (Å²) in [4.78, 5) is 1.81. The molecule has 0 unspecified atom stereocenters. The Labute approximate surface area is 103 Å². The van der Waals surface area contributed by atoms with Crippen LogP contribution in [0.2, 0.25) is 0 Å². The summed E-state index contributed by atoms with van der Waals surface area (Å²) in [5, 5.41) is 0.473. The molecule has 1 aromatic rings. The van der Waals surface area contributed by atoms with Crippen LogP contribution in [-0.2, 0) is 5.33 Å². The molecule has 1 nitrogen and oxygen atoms in total. The Morgan fingerprint density at radius 1 is 1.06 bits per heavy atom. The summed E-state index contributed by atoms with van der Waals surface area (Å²) in [5.74, 6) is -0.896. The summed E-state index contributed by atoms with van der Waals surface area (Å²) < 4.78 is 27.6. The molecule has 0 saturated carbocycles. The molecule has 0 aromatic heterocycles. The van der Waals surface area contributed by atoms with Crippen molar-refractivity contribution in [1.82, 2.24) is 0 Å². The molecule has 1 aromatic carbocycles. The van der Waals surface area contributed by atoms with E-state index in [1.165, 1.54) is 12.1 Å². The van der Waals surface area contributed by atoms with Crippen molar-refractivity contribution in [3.05, 3.63) is 29.3 Å². The predicted octanol–water partition coefficient (Wildman–Crippen LogP) is 3.85. The molecule has 1 saturated heterocycles. The fourth-order valence-corrected chi connectivity index (χ4v) is 2.44. The minimum absolute atomic E-state index is 0.143. The van der Waals surface area contributed by atoms with E-state index in [4.69, 9.17) is 0 Å². The van der Waals surface area contributed by atoms with E-state index in [0.29, 0.717) is 10.9 Å². The van der Waals surface area contributed by atoms with Gasteiger partial charge >= 0.3 is 0 Å². The second-order valence-corrected chi connectivity index (χ2v) is 4.65. The van der Waals surface area contributed by atoms with Crippen LogP contribution in [0.3, 0.4) is 0 Å². The molecule has 88 valence electrons. The first-order valence-corrected chi connectivity index (χ1v) is 6.63. The monoisotopic (exact) mass is 289 g/mol. The SMILES string of the molecule is Fc1cc(CBr)cc(F)c1N1CCCCC1. The van der Waals surface area contributed by atoms with E-state index >= 15 is 0 Å². The van der Waals surface area contributed by atoms with Gasteiger partial charge in [0.15, 0.2) is 0 Å². The molecule has 0 radical (unpaired) electrons. The van der Waals surface area contributed by atoms with Crippen molar-refractivity contribution in [1.29, 1.82) is 0 Å². The van der Waals surface area contributed by atoms with Gasteiger partial charge in [0.05, 0.1) is 0 Å². The Balaban J connectivity index is 2.32. The smallest absolute Gasteiger partial charge is 0.149 e. The average molecular weight is 290 g/mol. The summed E-state index contributed by atoms with van der Waals surface area (Å²) >= 11 is 3.20. The molecule has 4 heteroatoms. The molecule has 1 aliphatic rings. The van der Waals surface area contributed by atoms with Gasteiger partial charge in [0.25, 0.3) is 0 Å². The van der Waals surface area contributed by atoms with Crippen LogP contribution in [-0.4, -0.2) is 13.1 Å². The van der Waals surface area contributed by atoms with Crippen LogP contribution in [0.1, 0.15) is 24.8 Å². The Kier molecular flexibility index (Phi) is 3.79. The van der Waals surface area contributed by atoms with Crippen LogP contribution in [0, 0.1) is 11.6 Å². The molecule has 2 rings (SSSR count). The third kappa shape index (κ3) is 2.37. The normalized spacial score (nSPS) is 16.6. The Morgan fingerprint density at radius 3 is 2.12 bits per heavy atom. The van der Waals surface area contributed by atoms with Crippen molar-refractivity contribution in [3.8, 4) is 0 Å². The number of alkyl halides is 1. The van der Waals surface area contributed by atoms with Gasteiger partial charge in [0.1, 0.15) is 17.3 Å². The highest BCUT2D eigenvalue weighted by Gasteiger charge is 2.19. The zero-order chi connectivity index (χ0) is 11.5. The summed E-state index contributed by atoms with van der Waals surface area (Å²) in [6.45, 7) is 1.50. The second-order valence-electron chi connectivity index (χ2n) is 4.09. The first-order chi connectivity index (χ1) is 7.72. The minimum atomic E-state index is -0.448. The molecule has 0 aliphatic carbocycles. The van der Waals surface area contributed by atoms with Crippen molar-refractivity contribution in [3.63, 3.8) is 0 Å². The van der Waals surface area contributed by atoms with Crippen LogP contribution in [0.5, 0.6) is 0 Å². The summed E-state index contributed by atoms with van der Waals surface area (Å²) in [6, 6.07) is 2.81. The number of nitrogens with zero attached hydrogens (tertiary/aromatic N) is 1. The van der Waals surface area contributed by atoms with Crippen LogP contribution < -0.4 is 4.90 Å². The van der Waals surface area contributed by atoms with Crippen molar-refractivity contribution in [2.24, 2.45) is 0 Å². The number of piperidine rings is 1. The first-order valence-electron chi connectivity index (χ1n) is 5.51. The third-order valence-corrected chi connectivity index (χ3v) is 3.55. The summed E-state index contributed by atoms with van der Waals surface area (Å²) in [7, 11) is 0. The van der Waals surface area contributed by atoms with Crippen molar-refractivity contribution < 1.29 is 8.78 Å². The molecule has 0 amide bonds. The molecular weight excluding hydrogens is 276 g/mol. The van der Waals surface area contributed by atoms with E-state index in [0.717, 1.165) is 32.4 Å². The van der Waals surface area contributed by atoms with Crippen molar-refractivity contribution in [2.45, 2.75) is 24.6 Å². The fraction of sp³-hybridized carbons (Fsp3) is 0.500. The van der Waals surface area contributed by atoms with Gasteiger partial charge in [-0.25, -0.2) is 8.78 Å². The Bertz CT molecular complexity index is 352. The zero-order valence-electron chi connectivity index (χ0n) is 8.98. The van der Waals surface area contributed by atoms with Crippen LogP contribution >= 0.6 is 15.9 Å². The Morgan fingerprint density at radius 2 is 1.62 bits per heavy atom. The predicted molar refractivity (Wildman–Crippen MR) is 65.1 cm³/mol. The van der Waals surface area contributed by atoms with E-state index in [-0.39, 0.29) is 5.69 Å². The lowest BCUT2D eigenvalue weighted by Crippen LogP contribution is -2.31. The molecule has 16 heavy (non-hydrogen) atoms. The Hall–Kier alpha value is -0.640. The van der Waals surface area contributed by atoms with Gasteiger partial charge in [-0.05, 0) is 37.0 Å². The number of hydrogen-bond donors (Lipinski definition) is 0. The van der Waals surface area contributed by atoms with Gasteiger partial charge in [-0.3, -0.25) is 0 Å². The zero-order valence-corrected chi connectivity index (χ0v) is 10.6. The number of benzene rings is 1. The highest BCUT2D eigenvalue weighted by molar-refractivity contribution is 9.08. The van der Waals surface area contributed by atoms with Gasteiger partial charge in [0.2, 0.25) is 0 Å². The number of anilines is 1. The van der Waals surface area contributed by atoms with Gasteiger partial charge in [-0.15, -0.1) is 0 Å².